The Morgan fingerprint density at radius 1 is 1.22 bits per heavy atom. The van der Waals surface area contributed by atoms with Crippen LogP contribution in [0.25, 0.3) is 6.08 Å². The second-order valence-electron chi connectivity index (χ2n) is 4.62. The van der Waals surface area contributed by atoms with Crippen LogP contribution in [0.2, 0.25) is 0 Å². The van der Waals surface area contributed by atoms with Crippen molar-refractivity contribution in [3.63, 3.8) is 0 Å². The predicted octanol–water partition coefficient (Wildman–Crippen LogP) is 3.19. The zero-order valence-electron chi connectivity index (χ0n) is 11.7. The molecule has 0 unspecified atom stereocenters. The van der Waals surface area contributed by atoms with Gasteiger partial charge < -0.3 is 5.11 Å². The standard InChI is InChI=1S/C16H10N2O3S2/c19-14-13(9-11-3-1-2-8-17-11)23-16(22)18(14)12-6-4-10(5-7-12)15(20)21/h1-9H,(H,20,21). The molecule has 2 aromatic rings. The molecule has 1 aromatic heterocycles. The summed E-state index contributed by atoms with van der Waals surface area (Å²) < 4.78 is 0.403. The summed E-state index contributed by atoms with van der Waals surface area (Å²) in [6, 6.07) is 11.5. The lowest BCUT2D eigenvalue weighted by Crippen LogP contribution is -2.27. The summed E-state index contributed by atoms with van der Waals surface area (Å²) in [4.78, 5) is 29.5. The van der Waals surface area contributed by atoms with E-state index in [0.717, 1.165) is 0 Å². The van der Waals surface area contributed by atoms with Gasteiger partial charge in [-0.1, -0.05) is 30.0 Å². The van der Waals surface area contributed by atoms with Crippen molar-refractivity contribution in [1.29, 1.82) is 0 Å². The number of thioether (sulfide) groups is 1. The Hall–Kier alpha value is -2.51. The Labute approximate surface area is 141 Å². The summed E-state index contributed by atoms with van der Waals surface area (Å²) in [5, 5.41) is 8.92. The molecule has 23 heavy (non-hydrogen) atoms. The van der Waals surface area contributed by atoms with Crippen molar-refractivity contribution in [1.82, 2.24) is 4.98 Å². The highest BCUT2D eigenvalue weighted by atomic mass is 32.2. The largest absolute Gasteiger partial charge is 0.478 e. The fourth-order valence-electron chi connectivity index (χ4n) is 2.04. The van der Waals surface area contributed by atoms with Gasteiger partial charge in [0.1, 0.15) is 0 Å². The van der Waals surface area contributed by atoms with E-state index in [-0.39, 0.29) is 11.5 Å². The van der Waals surface area contributed by atoms with E-state index in [2.05, 4.69) is 4.98 Å². The lowest BCUT2D eigenvalue weighted by atomic mass is 10.2. The van der Waals surface area contributed by atoms with Crippen molar-refractivity contribution in [2.75, 3.05) is 4.90 Å². The first kappa shape index (κ1) is 15.4. The smallest absolute Gasteiger partial charge is 0.335 e. The number of rotatable bonds is 3. The number of nitrogens with zero attached hydrogens (tertiary/aromatic N) is 2. The lowest BCUT2D eigenvalue weighted by molar-refractivity contribution is -0.113. The first-order valence-electron chi connectivity index (χ1n) is 6.58. The Balaban J connectivity index is 1.90. The molecule has 0 spiro atoms. The van der Waals surface area contributed by atoms with Crippen LogP contribution in [-0.4, -0.2) is 26.3 Å². The SMILES string of the molecule is O=C(O)c1ccc(N2C(=O)C(=Cc3ccccn3)SC2=S)cc1. The third-order valence-corrected chi connectivity index (χ3v) is 4.44. The van der Waals surface area contributed by atoms with Crippen LogP contribution < -0.4 is 4.90 Å². The zero-order valence-corrected chi connectivity index (χ0v) is 13.3. The summed E-state index contributed by atoms with van der Waals surface area (Å²) in [5.41, 5.74) is 1.37. The van der Waals surface area contributed by atoms with Gasteiger partial charge in [0.2, 0.25) is 0 Å². The minimum Gasteiger partial charge on any atom is -0.478 e. The second kappa shape index (κ2) is 6.31. The van der Waals surface area contributed by atoms with E-state index in [1.165, 1.54) is 28.8 Å². The average Bonchev–Trinajstić information content (AvgIpc) is 2.82. The molecule has 5 nitrogen and oxygen atoms in total. The second-order valence-corrected chi connectivity index (χ2v) is 6.30. The van der Waals surface area contributed by atoms with Crippen molar-refractivity contribution in [3.8, 4) is 0 Å². The Bertz CT molecular complexity index is 817. The summed E-state index contributed by atoms with van der Waals surface area (Å²) in [5.74, 6) is -1.26. The number of benzene rings is 1. The number of aromatic nitrogens is 1. The lowest BCUT2D eigenvalue weighted by Gasteiger charge is -2.14. The van der Waals surface area contributed by atoms with Crippen LogP contribution in [0.4, 0.5) is 5.69 Å². The minimum atomic E-state index is -1.02. The Morgan fingerprint density at radius 2 is 1.96 bits per heavy atom. The quantitative estimate of drug-likeness (QED) is 0.682. The number of carboxylic acid groups (broad SMARTS) is 1. The van der Waals surface area contributed by atoms with Crippen LogP contribution in [0.1, 0.15) is 16.1 Å². The van der Waals surface area contributed by atoms with Gasteiger partial charge in [-0.05, 0) is 42.5 Å². The van der Waals surface area contributed by atoms with Gasteiger partial charge in [0.05, 0.1) is 21.8 Å². The van der Waals surface area contributed by atoms with Gasteiger partial charge in [0.15, 0.2) is 4.32 Å². The van der Waals surface area contributed by atoms with E-state index in [0.29, 0.717) is 20.6 Å². The van der Waals surface area contributed by atoms with Crippen LogP contribution >= 0.6 is 24.0 Å². The van der Waals surface area contributed by atoms with Crippen molar-refractivity contribution >= 4 is 51.9 Å². The number of anilines is 1. The van der Waals surface area contributed by atoms with E-state index in [1.807, 2.05) is 6.07 Å². The fourth-order valence-corrected chi connectivity index (χ4v) is 3.32. The molecule has 1 N–H and O–H groups in total. The first-order chi connectivity index (χ1) is 11.1. The van der Waals surface area contributed by atoms with Crippen molar-refractivity contribution in [3.05, 3.63) is 64.8 Å². The number of hydrogen-bond acceptors (Lipinski definition) is 5. The maximum atomic E-state index is 12.5. The number of pyridine rings is 1. The highest BCUT2D eigenvalue weighted by Crippen LogP contribution is 2.35. The minimum absolute atomic E-state index is 0.156. The first-order valence-corrected chi connectivity index (χ1v) is 7.81. The Kier molecular flexibility index (Phi) is 4.22. The number of thiocarbonyl (C=S) groups is 1. The summed E-state index contributed by atoms with van der Waals surface area (Å²) >= 11 is 6.46. The van der Waals surface area contributed by atoms with E-state index >= 15 is 0 Å². The van der Waals surface area contributed by atoms with Gasteiger partial charge in [0, 0.05) is 6.20 Å². The summed E-state index contributed by atoms with van der Waals surface area (Å²) in [7, 11) is 0. The van der Waals surface area contributed by atoms with E-state index in [4.69, 9.17) is 17.3 Å². The highest BCUT2D eigenvalue weighted by molar-refractivity contribution is 8.27. The zero-order chi connectivity index (χ0) is 16.4. The van der Waals surface area contributed by atoms with Gasteiger partial charge in [0.25, 0.3) is 5.91 Å². The van der Waals surface area contributed by atoms with Gasteiger partial charge in [-0.3, -0.25) is 14.7 Å². The van der Waals surface area contributed by atoms with Gasteiger partial charge in [-0.25, -0.2) is 4.79 Å². The number of carbonyl (C=O) groups is 2. The molecule has 1 saturated heterocycles. The molecule has 0 radical (unpaired) electrons. The molecule has 0 atom stereocenters. The van der Waals surface area contributed by atoms with Crippen LogP contribution in [0.5, 0.6) is 0 Å². The third-order valence-electron chi connectivity index (χ3n) is 3.13. The van der Waals surface area contributed by atoms with Crippen LogP contribution in [0.3, 0.4) is 0 Å². The van der Waals surface area contributed by atoms with Crippen molar-refractivity contribution < 1.29 is 14.7 Å². The van der Waals surface area contributed by atoms with Crippen LogP contribution in [-0.2, 0) is 4.79 Å². The molecule has 0 aliphatic carbocycles. The Morgan fingerprint density at radius 3 is 2.57 bits per heavy atom. The molecule has 0 bridgehead atoms. The van der Waals surface area contributed by atoms with Crippen LogP contribution in [0, 0.1) is 0 Å². The monoisotopic (exact) mass is 342 g/mol. The van der Waals surface area contributed by atoms with Crippen molar-refractivity contribution in [2.45, 2.75) is 0 Å². The molecule has 1 amide bonds. The number of carboxylic acids is 1. The number of aromatic carboxylic acids is 1. The molecule has 1 aromatic carbocycles. The molecular formula is C16H10N2O3S2. The molecule has 0 saturated carbocycles. The van der Waals surface area contributed by atoms with Crippen LogP contribution in [0.15, 0.2) is 53.6 Å². The topological polar surface area (TPSA) is 70.5 Å². The average molecular weight is 342 g/mol. The molecule has 2 heterocycles. The fraction of sp³-hybridized carbons (Fsp3) is 0. The molecular weight excluding hydrogens is 332 g/mol. The molecule has 3 rings (SSSR count). The number of hydrogen-bond donors (Lipinski definition) is 1. The summed E-state index contributed by atoms with van der Waals surface area (Å²) in [6.45, 7) is 0. The highest BCUT2D eigenvalue weighted by Gasteiger charge is 2.33. The number of carbonyl (C=O) groups excluding carboxylic acids is 1. The maximum Gasteiger partial charge on any atom is 0.335 e. The van der Waals surface area contributed by atoms with Gasteiger partial charge in [-0.15, -0.1) is 0 Å². The van der Waals surface area contributed by atoms with E-state index in [9.17, 15) is 9.59 Å². The molecule has 1 aliphatic rings. The molecule has 114 valence electrons. The number of amides is 1. The third kappa shape index (κ3) is 3.15. The molecule has 7 heteroatoms. The summed E-state index contributed by atoms with van der Waals surface area (Å²) in [6.07, 6.45) is 3.34. The van der Waals surface area contributed by atoms with E-state index in [1.54, 1.807) is 36.5 Å². The van der Waals surface area contributed by atoms with Crippen molar-refractivity contribution in [2.24, 2.45) is 0 Å². The molecule has 1 fully saturated rings. The normalized spacial score (nSPS) is 16.2. The van der Waals surface area contributed by atoms with Gasteiger partial charge in [-0.2, -0.15) is 0 Å². The molecule has 1 aliphatic heterocycles. The predicted molar refractivity (Wildman–Crippen MR) is 93.3 cm³/mol. The maximum absolute atomic E-state index is 12.5. The van der Waals surface area contributed by atoms with E-state index < -0.39 is 5.97 Å². The van der Waals surface area contributed by atoms with Gasteiger partial charge >= 0.3 is 5.97 Å².